The maximum Gasteiger partial charge on any atom is 0.414 e. The second-order valence-corrected chi connectivity index (χ2v) is 10.2. The lowest BCUT2D eigenvalue weighted by molar-refractivity contribution is 0.195. The highest BCUT2D eigenvalue weighted by Gasteiger charge is 2.27. The molecule has 2 aliphatic rings. The zero-order valence-corrected chi connectivity index (χ0v) is 21.3. The first-order chi connectivity index (χ1) is 16.7. The topological polar surface area (TPSA) is 163 Å². The van der Waals surface area contributed by atoms with Crippen LogP contribution in [0.4, 0.5) is 15.4 Å². The fraction of sp³-hybridized carbons (Fsp3) is 0.429. The van der Waals surface area contributed by atoms with Crippen molar-refractivity contribution in [2.24, 2.45) is 0 Å². The van der Waals surface area contributed by atoms with Crippen molar-refractivity contribution in [2.75, 3.05) is 65.1 Å². The third-order valence-electron chi connectivity index (χ3n) is 5.80. The van der Waals surface area contributed by atoms with Crippen LogP contribution in [0.15, 0.2) is 35.4 Å². The smallest absolute Gasteiger partial charge is 0.387 e. The van der Waals surface area contributed by atoms with Gasteiger partial charge in [0.25, 0.3) is 5.88 Å². The Morgan fingerprint density at radius 3 is 2.50 bits per heavy atom. The molecule has 0 saturated carbocycles. The first-order valence-corrected chi connectivity index (χ1v) is 12.6. The van der Waals surface area contributed by atoms with Gasteiger partial charge >= 0.3 is 12.1 Å². The molecule has 2 aliphatic heterocycles. The zero-order valence-electron chi connectivity index (χ0n) is 19.7. The molecule has 36 heavy (non-hydrogen) atoms. The van der Waals surface area contributed by atoms with E-state index in [0.717, 1.165) is 0 Å². The summed E-state index contributed by atoms with van der Waals surface area (Å²) >= 11 is 0. The van der Waals surface area contributed by atoms with Gasteiger partial charge in [0.05, 0.1) is 16.8 Å². The molecule has 0 bridgehead atoms. The molecule has 3 heterocycles. The number of anilines is 1. The molecule has 2 fully saturated rings. The number of ether oxygens (including phenoxy) is 1. The van der Waals surface area contributed by atoms with E-state index in [1.807, 2.05) is 7.05 Å². The van der Waals surface area contributed by atoms with Gasteiger partial charge in [-0.15, -0.1) is 12.4 Å². The number of benzene rings is 1. The van der Waals surface area contributed by atoms with Crippen LogP contribution in [0.25, 0.3) is 11.3 Å². The van der Waals surface area contributed by atoms with Gasteiger partial charge in [0.1, 0.15) is 0 Å². The summed E-state index contributed by atoms with van der Waals surface area (Å²) in [7, 11) is -1.63. The largest absolute Gasteiger partial charge is 0.414 e. The van der Waals surface area contributed by atoms with E-state index in [9.17, 15) is 18.0 Å². The van der Waals surface area contributed by atoms with Crippen molar-refractivity contribution in [2.45, 2.75) is 4.90 Å². The SMILES string of the molecule is CN1CCN(S(=O)(=O)c2ccc(-c3cnc(N)c(OC(=O)NCCN4CCNC4=O)n3)cc2)CC1.Cl. The highest BCUT2D eigenvalue weighted by atomic mass is 35.5. The third-order valence-corrected chi connectivity index (χ3v) is 7.72. The van der Waals surface area contributed by atoms with Gasteiger partial charge in [-0.3, -0.25) is 0 Å². The van der Waals surface area contributed by atoms with Crippen molar-refractivity contribution in [1.29, 1.82) is 0 Å². The van der Waals surface area contributed by atoms with Crippen molar-refractivity contribution >= 4 is 40.4 Å². The molecule has 13 nitrogen and oxygen atoms in total. The second kappa shape index (κ2) is 11.7. The molecule has 15 heteroatoms. The number of aromatic nitrogens is 2. The predicted molar refractivity (Wildman–Crippen MR) is 134 cm³/mol. The molecule has 0 unspecified atom stereocenters. The number of carbonyl (C=O) groups excluding carboxylic acids is 2. The maximum absolute atomic E-state index is 12.9. The molecular weight excluding hydrogens is 512 g/mol. The molecule has 1 aromatic heterocycles. The molecule has 3 amide bonds. The van der Waals surface area contributed by atoms with Gasteiger partial charge in [0, 0.05) is 57.9 Å². The highest BCUT2D eigenvalue weighted by molar-refractivity contribution is 7.89. The lowest BCUT2D eigenvalue weighted by atomic mass is 10.2. The summed E-state index contributed by atoms with van der Waals surface area (Å²) in [6.07, 6.45) is 0.632. The van der Waals surface area contributed by atoms with E-state index in [1.54, 1.807) is 17.0 Å². The molecule has 2 aromatic rings. The third kappa shape index (κ3) is 6.32. The van der Waals surface area contributed by atoms with Gasteiger partial charge in [0.15, 0.2) is 5.82 Å². The number of hydrogen-bond donors (Lipinski definition) is 3. The van der Waals surface area contributed by atoms with Crippen LogP contribution in [0.2, 0.25) is 0 Å². The molecule has 1 aromatic carbocycles. The number of nitrogens with zero attached hydrogens (tertiary/aromatic N) is 5. The van der Waals surface area contributed by atoms with Crippen LogP contribution in [0.1, 0.15) is 0 Å². The first-order valence-electron chi connectivity index (χ1n) is 11.1. The molecule has 0 aliphatic carbocycles. The average Bonchev–Trinajstić information content (AvgIpc) is 3.25. The molecule has 0 atom stereocenters. The Hall–Kier alpha value is -3.20. The number of halogens is 1. The molecule has 0 spiro atoms. The number of urea groups is 1. The normalized spacial score (nSPS) is 16.8. The van der Waals surface area contributed by atoms with Gasteiger partial charge in [-0.25, -0.2) is 28.0 Å². The summed E-state index contributed by atoms with van der Waals surface area (Å²) in [5, 5.41) is 5.22. The van der Waals surface area contributed by atoms with Crippen molar-refractivity contribution in [3.8, 4) is 17.1 Å². The van der Waals surface area contributed by atoms with Gasteiger partial charge in [0.2, 0.25) is 10.0 Å². The minimum atomic E-state index is -3.59. The number of amides is 3. The summed E-state index contributed by atoms with van der Waals surface area (Å²) in [6, 6.07) is 6.10. The van der Waals surface area contributed by atoms with E-state index >= 15 is 0 Å². The predicted octanol–water partition coefficient (Wildman–Crippen LogP) is 0.197. The van der Waals surface area contributed by atoms with Crippen LogP contribution in [0.5, 0.6) is 5.88 Å². The minimum absolute atomic E-state index is 0. The highest BCUT2D eigenvalue weighted by Crippen LogP contribution is 2.25. The summed E-state index contributed by atoms with van der Waals surface area (Å²) in [5.74, 6) is -0.245. The van der Waals surface area contributed by atoms with Crippen LogP contribution in [-0.2, 0) is 10.0 Å². The number of piperazine rings is 1. The zero-order chi connectivity index (χ0) is 25.0. The number of sulfonamides is 1. The molecule has 196 valence electrons. The van der Waals surface area contributed by atoms with E-state index in [4.69, 9.17) is 10.5 Å². The van der Waals surface area contributed by atoms with Crippen molar-refractivity contribution < 1.29 is 22.7 Å². The van der Waals surface area contributed by atoms with Crippen LogP contribution in [-0.4, -0.2) is 104 Å². The van der Waals surface area contributed by atoms with Gasteiger partial charge in [-0.2, -0.15) is 4.31 Å². The number of nitrogens with two attached hydrogens (primary N) is 1. The quantitative estimate of drug-likeness (QED) is 0.445. The fourth-order valence-electron chi connectivity index (χ4n) is 3.71. The van der Waals surface area contributed by atoms with Crippen LogP contribution < -0.4 is 21.1 Å². The Morgan fingerprint density at radius 2 is 1.86 bits per heavy atom. The summed E-state index contributed by atoms with van der Waals surface area (Å²) < 4.78 is 32.5. The fourth-order valence-corrected chi connectivity index (χ4v) is 5.13. The van der Waals surface area contributed by atoms with Crippen LogP contribution in [0.3, 0.4) is 0 Å². The van der Waals surface area contributed by atoms with E-state index in [-0.39, 0.29) is 41.6 Å². The summed E-state index contributed by atoms with van der Waals surface area (Å²) in [4.78, 5) is 35.8. The molecule has 4 N–H and O–H groups in total. The Morgan fingerprint density at radius 1 is 1.17 bits per heavy atom. The Bertz CT molecular complexity index is 1190. The van der Waals surface area contributed by atoms with E-state index in [2.05, 4.69) is 25.5 Å². The van der Waals surface area contributed by atoms with E-state index in [0.29, 0.717) is 57.1 Å². The van der Waals surface area contributed by atoms with E-state index < -0.39 is 16.1 Å². The van der Waals surface area contributed by atoms with E-state index in [1.165, 1.54) is 22.6 Å². The summed E-state index contributed by atoms with van der Waals surface area (Å²) in [5.41, 5.74) is 6.75. The van der Waals surface area contributed by atoms with Crippen molar-refractivity contribution in [3.05, 3.63) is 30.5 Å². The van der Waals surface area contributed by atoms with Gasteiger partial charge < -0.3 is 30.9 Å². The lowest BCUT2D eigenvalue weighted by Crippen LogP contribution is -2.46. The monoisotopic (exact) mass is 540 g/mol. The minimum Gasteiger partial charge on any atom is -0.387 e. The lowest BCUT2D eigenvalue weighted by Gasteiger charge is -2.31. The first kappa shape index (κ1) is 27.4. The molecular formula is C21H29ClN8O5S. The Labute approximate surface area is 215 Å². The van der Waals surface area contributed by atoms with Gasteiger partial charge in [-0.1, -0.05) is 12.1 Å². The number of likely N-dealkylation sites (N-methyl/N-ethyl adjacent to an activating group) is 1. The Balaban J connectivity index is 0.00000361. The Kier molecular flexibility index (Phi) is 8.89. The van der Waals surface area contributed by atoms with Crippen LogP contribution in [0, 0.1) is 0 Å². The number of carbonyl (C=O) groups is 2. The van der Waals surface area contributed by atoms with Gasteiger partial charge in [-0.05, 0) is 19.2 Å². The van der Waals surface area contributed by atoms with Crippen LogP contribution >= 0.6 is 12.4 Å². The number of nitrogens with one attached hydrogen (secondary N) is 2. The molecule has 0 radical (unpaired) electrons. The second-order valence-electron chi connectivity index (χ2n) is 8.21. The van der Waals surface area contributed by atoms with Crippen molar-refractivity contribution in [3.63, 3.8) is 0 Å². The average molecular weight is 541 g/mol. The number of hydrogen-bond acceptors (Lipinski definition) is 9. The van der Waals surface area contributed by atoms with Crippen molar-refractivity contribution in [1.82, 2.24) is 34.7 Å². The number of nitrogen functional groups attached to an aromatic ring is 1. The standard InChI is InChI=1S/C21H28N8O5S.ClH/c1-27-10-12-29(13-11-27)35(32,33)16-4-2-15(3-5-16)17-14-25-18(22)19(26-17)34-21(31)24-7-9-28-8-6-23-20(28)30;/h2-5,14H,6-13H2,1H3,(H2,22,25)(H,23,30)(H,24,31);1H. The number of rotatable bonds is 7. The molecule has 2 saturated heterocycles. The summed E-state index contributed by atoms with van der Waals surface area (Å²) in [6.45, 7) is 3.94. The maximum atomic E-state index is 12.9. The molecule has 4 rings (SSSR count).